The van der Waals surface area contributed by atoms with Crippen molar-refractivity contribution >= 4 is 17.5 Å². The highest BCUT2D eigenvalue weighted by Crippen LogP contribution is 2.26. The number of nitrogens with zero attached hydrogens (tertiary/aromatic N) is 2. The maximum Gasteiger partial charge on any atom is 0.220 e. The first-order valence-corrected chi connectivity index (χ1v) is 9.11. The topological polar surface area (TPSA) is 63.0 Å². The standard InChI is InChI=1S/C21H16N2O2S/c1-2-26-19-12-13-20(23-18(19)14-22)25-17-10-8-16(9-11-17)21(24)15-6-4-3-5-7-15/h3-13H,2H2,1H3. The summed E-state index contributed by atoms with van der Waals surface area (Å²) >= 11 is 1.57. The van der Waals surface area contributed by atoms with E-state index >= 15 is 0 Å². The average molecular weight is 360 g/mol. The van der Waals surface area contributed by atoms with Crippen LogP contribution in [0.3, 0.4) is 0 Å². The van der Waals surface area contributed by atoms with E-state index in [1.165, 1.54) is 0 Å². The molecule has 0 aliphatic heterocycles. The summed E-state index contributed by atoms with van der Waals surface area (Å²) in [5.41, 5.74) is 1.58. The predicted octanol–water partition coefficient (Wildman–Crippen LogP) is 5.09. The SMILES string of the molecule is CCSc1ccc(Oc2ccc(C(=O)c3ccccc3)cc2)nc1C#N. The predicted molar refractivity (Wildman–Crippen MR) is 102 cm³/mol. The molecular weight excluding hydrogens is 344 g/mol. The zero-order chi connectivity index (χ0) is 18.4. The monoisotopic (exact) mass is 360 g/mol. The third-order valence-electron chi connectivity index (χ3n) is 3.61. The quantitative estimate of drug-likeness (QED) is 0.453. The number of carbonyl (C=O) groups is 1. The normalized spacial score (nSPS) is 10.2. The second kappa shape index (κ2) is 8.32. The molecule has 2 aromatic carbocycles. The number of ether oxygens (including phenoxy) is 1. The van der Waals surface area contributed by atoms with E-state index in [1.54, 1.807) is 54.2 Å². The van der Waals surface area contributed by atoms with Crippen LogP contribution in [0, 0.1) is 11.3 Å². The van der Waals surface area contributed by atoms with Crippen molar-refractivity contribution in [3.8, 4) is 17.7 Å². The molecule has 3 aromatic rings. The molecule has 1 heterocycles. The lowest BCUT2D eigenvalue weighted by atomic mass is 10.0. The zero-order valence-corrected chi connectivity index (χ0v) is 15.0. The molecule has 0 atom stereocenters. The Balaban J connectivity index is 1.76. The average Bonchev–Trinajstić information content (AvgIpc) is 2.70. The summed E-state index contributed by atoms with van der Waals surface area (Å²) in [6.07, 6.45) is 0. The number of rotatable bonds is 6. The van der Waals surface area contributed by atoms with Crippen molar-refractivity contribution in [3.63, 3.8) is 0 Å². The van der Waals surface area contributed by atoms with E-state index in [0.717, 1.165) is 10.6 Å². The Morgan fingerprint density at radius 1 is 1.04 bits per heavy atom. The van der Waals surface area contributed by atoms with Gasteiger partial charge in [0.05, 0.1) is 0 Å². The Morgan fingerprint density at radius 2 is 1.73 bits per heavy atom. The third-order valence-corrected chi connectivity index (χ3v) is 4.54. The van der Waals surface area contributed by atoms with Crippen LogP contribution in [0.5, 0.6) is 11.6 Å². The molecule has 0 saturated carbocycles. The Bertz CT molecular complexity index is 948. The fourth-order valence-corrected chi connectivity index (χ4v) is 3.09. The number of nitriles is 1. The molecule has 0 saturated heterocycles. The number of hydrogen-bond acceptors (Lipinski definition) is 5. The lowest BCUT2D eigenvalue weighted by Crippen LogP contribution is -2.00. The minimum atomic E-state index is -0.0389. The van der Waals surface area contributed by atoms with Gasteiger partial charge in [-0.3, -0.25) is 4.79 Å². The summed E-state index contributed by atoms with van der Waals surface area (Å²) in [4.78, 5) is 17.5. The second-order valence-electron chi connectivity index (χ2n) is 5.36. The molecule has 4 nitrogen and oxygen atoms in total. The maximum atomic E-state index is 12.4. The van der Waals surface area contributed by atoms with Crippen LogP contribution in [-0.2, 0) is 0 Å². The minimum absolute atomic E-state index is 0.0389. The molecule has 128 valence electrons. The van der Waals surface area contributed by atoms with Gasteiger partial charge in [-0.25, -0.2) is 4.98 Å². The van der Waals surface area contributed by atoms with Gasteiger partial charge >= 0.3 is 0 Å². The number of hydrogen-bond donors (Lipinski definition) is 0. The van der Waals surface area contributed by atoms with Crippen molar-refractivity contribution in [1.82, 2.24) is 4.98 Å². The fraction of sp³-hybridized carbons (Fsp3) is 0.0952. The smallest absolute Gasteiger partial charge is 0.220 e. The van der Waals surface area contributed by atoms with Gasteiger partial charge < -0.3 is 4.74 Å². The molecule has 0 radical (unpaired) electrons. The fourth-order valence-electron chi connectivity index (χ4n) is 2.39. The molecule has 26 heavy (non-hydrogen) atoms. The van der Waals surface area contributed by atoms with E-state index in [1.807, 2.05) is 31.2 Å². The van der Waals surface area contributed by atoms with Crippen molar-refractivity contribution in [3.05, 3.63) is 83.6 Å². The summed E-state index contributed by atoms with van der Waals surface area (Å²) in [5, 5.41) is 9.22. The first-order chi connectivity index (χ1) is 12.7. The molecule has 0 spiro atoms. The highest BCUT2D eigenvalue weighted by Gasteiger charge is 2.10. The van der Waals surface area contributed by atoms with E-state index in [0.29, 0.717) is 28.5 Å². The number of ketones is 1. The highest BCUT2D eigenvalue weighted by molar-refractivity contribution is 7.99. The van der Waals surface area contributed by atoms with Crippen LogP contribution in [0.1, 0.15) is 28.5 Å². The van der Waals surface area contributed by atoms with Crippen LogP contribution in [0.25, 0.3) is 0 Å². The number of benzene rings is 2. The third kappa shape index (κ3) is 4.11. The molecule has 5 heteroatoms. The molecule has 0 bridgehead atoms. The number of aromatic nitrogens is 1. The number of thioether (sulfide) groups is 1. The van der Waals surface area contributed by atoms with Crippen LogP contribution in [-0.4, -0.2) is 16.5 Å². The second-order valence-corrected chi connectivity index (χ2v) is 6.67. The molecule has 0 unspecified atom stereocenters. The van der Waals surface area contributed by atoms with Gasteiger partial charge in [-0.1, -0.05) is 37.3 Å². The van der Waals surface area contributed by atoms with Crippen molar-refractivity contribution in [2.45, 2.75) is 11.8 Å². The molecule has 0 amide bonds. The molecule has 1 aromatic heterocycles. The Hall–Kier alpha value is -3.10. The maximum absolute atomic E-state index is 12.4. The molecule has 0 fully saturated rings. The molecule has 3 rings (SSSR count). The lowest BCUT2D eigenvalue weighted by Gasteiger charge is -2.08. The lowest BCUT2D eigenvalue weighted by molar-refractivity contribution is 0.103. The van der Waals surface area contributed by atoms with Gasteiger partial charge in [-0.05, 0) is 36.1 Å². The Kier molecular flexibility index (Phi) is 5.67. The first-order valence-electron chi connectivity index (χ1n) is 8.13. The van der Waals surface area contributed by atoms with Gasteiger partial charge in [0, 0.05) is 22.1 Å². The molecule has 0 N–H and O–H groups in total. The summed E-state index contributed by atoms with van der Waals surface area (Å²) in [5.74, 6) is 1.74. The molecule has 0 aliphatic carbocycles. The van der Waals surface area contributed by atoms with Crippen LogP contribution >= 0.6 is 11.8 Å². The van der Waals surface area contributed by atoms with Crippen LogP contribution < -0.4 is 4.74 Å². The van der Waals surface area contributed by atoms with Gasteiger partial charge in [0.1, 0.15) is 11.8 Å². The zero-order valence-electron chi connectivity index (χ0n) is 14.2. The van der Waals surface area contributed by atoms with Crippen LogP contribution in [0.4, 0.5) is 0 Å². The number of carbonyl (C=O) groups excluding carboxylic acids is 1. The Morgan fingerprint density at radius 3 is 2.38 bits per heavy atom. The summed E-state index contributed by atoms with van der Waals surface area (Å²) in [7, 11) is 0. The van der Waals surface area contributed by atoms with Gasteiger partial charge in [0.25, 0.3) is 0 Å². The first kappa shape index (κ1) is 17.7. The Labute approximate surface area is 156 Å². The van der Waals surface area contributed by atoms with Crippen molar-refractivity contribution in [2.75, 3.05) is 5.75 Å². The van der Waals surface area contributed by atoms with Crippen molar-refractivity contribution in [1.29, 1.82) is 5.26 Å². The van der Waals surface area contributed by atoms with Crippen molar-refractivity contribution in [2.24, 2.45) is 0 Å². The van der Waals surface area contributed by atoms with E-state index < -0.39 is 0 Å². The van der Waals surface area contributed by atoms with E-state index in [-0.39, 0.29) is 5.78 Å². The van der Waals surface area contributed by atoms with Crippen LogP contribution in [0.15, 0.2) is 71.6 Å². The molecule has 0 aliphatic rings. The minimum Gasteiger partial charge on any atom is -0.439 e. The largest absolute Gasteiger partial charge is 0.439 e. The van der Waals surface area contributed by atoms with E-state index in [9.17, 15) is 10.1 Å². The van der Waals surface area contributed by atoms with Gasteiger partial charge in [-0.2, -0.15) is 5.26 Å². The molecular formula is C21H16N2O2S. The summed E-state index contributed by atoms with van der Waals surface area (Å²) < 4.78 is 5.71. The van der Waals surface area contributed by atoms with Gasteiger partial charge in [0.15, 0.2) is 11.5 Å². The summed E-state index contributed by atoms with van der Waals surface area (Å²) in [6.45, 7) is 2.02. The van der Waals surface area contributed by atoms with Gasteiger partial charge in [0.2, 0.25) is 5.88 Å². The van der Waals surface area contributed by atoms with E-state index in [2.05, 4.69) is 11.1 Å². The number of pyridine rings is 1. The van der Waals surface area contributed by atoms with Crippen molar-refractivity contribution < 1.29 is 9.53 Å². The van der Waals surface area contributed by atoms with Crippen LogP contribution in [0.2, 0.25) is 0 Å². The van der Waals surface area contributed by atoms with E-state index in [4.69, 9.17) is 4.74 Å². The van der Waals surface area contributed by atoms with Gasteiger partial charge in [-0.15, -0.1) is 11.8 Å². The highest BCUT2D eigenvalue weighted by atomic mass is 32.2. The summed E-state index contributed by atoms with van der Waals surface area (Å²) in [6, 6.07) is 21.7.